The summed E-state index contributed by atoms with van der Waals surface area (Å²) in [5.41, 5.74) is 0.700. The molecule has 2 atom stereocenters. The van der Waals surface area contributed by atoms with Crippen molar-refractivity contribution in [2.45, 2.75) is 18.8 Å². The van der Waals surface area contributed by atoms with Crippen molar-refractivity contribution in [1.82, 2.24) is 5.32 Å². The van der Waals surface area contributed by atoms with Crippen LogP contribution in [0.2, 0.25) is 0 Å². The lowest BCUT2D eigenvalue weighted by molar-refractivity contribution is -0.159. The molecule has 3 aromatic carbocycles. The minimum absolute atomic E-state index is 0.00321. The summed E-state index contributed by atoms with van der Waals surface area (Å²) < 4.78 is 20.6. The molecule has 0 aliphatic carbocycles. The predicted octanol–water partition coefficient (Wildman–Crippen LogP) is 2.86. The Morgan fingerprint density at radius 2 is 1.24 bits per heavy atom. The van der Waals surface area contributed by atoms with E-state index in [0.717, 1.165) is 0 Å². The highest BCUT2D eigenvalue weighted by atomic mass is 16.6. The van der Waals surface area contributed by atoms with Gasteiger partial charge in [0.15, 0.2) is 0 Å². The number of carboxylic acids is 1. The van der Waals surface area contributed by atoms with Crippen molar-refractivity contribution < 1.29 is 43.2 Å². The third kappa shape index (κ3) is 7.31. The molecule has 10 heteroatoms. The number of methoxy groups -OCH3 is 2. The minimum atomic E-state index is -2.15. The van der Waals surface area contributed by atoms with Crippen molar-refractivity contribution in [3.63, 3.8) is 0 Å². The van der Waals surface area contributed by atoms with Gasteiger partial charge in [0.1, 0.15) is 11.5 Å². The van der Waals surface area contributed by atoms with Gasteiger partial charge in [-0.05, 0) is 42.0 Å². The molecule has 0 spiro atoms. The van der Waals surface area contributed by atoms with Gasteiger partial charge in [0.2, 0.25) is 12.2 Å². The molecule has 0 aliphatic heterocycles. The Morgan fingerprint density at radius 1 is 0.730 bits per heavy atom. The van der Waals surface area contributed by atoms with Crippen LogP contribution in [0.25, 0.3) is 0 Å². The van der Waals surface area contributed by atoms with Gasteiger partial charge in [-0.3, -0.25) is 4.79 Å². The van der Waals surface area contributed by atoms with Crippen LogP contribution in [0.3, 0.4) is 0 Å². The van der Waals surface area contributed by atoms with E-state index in [2.05, 4.69) is 5.32 Å². The minimum Gasteiger partial charge on any atom is -0.497 e. The van der Waals surface area contributed by atoms with Crippen LogP contribution < -0.4 is 14.8 Å². The molecule has 0 fully saturated rings. The first kappa shape index (κ1) is 26.7. The zero-order valence-electron chi connectivity index (χ0n) is 20.1. The Kier molecular flexibility index (Phi) is 9.20. The van der Waals surface area contributed by atoms with Crippen molar-refractivity contribution in [2.24, 2.45) is 0 Å². The van der Waals surface area contributed by atoms with Gasteiger partial charge in [-0.1, -0.05) is 42.5 Å². The smallest absolute Gasteiger partial charge is 0.349 e. The van der Waals surface area contributed by atoms with Gasteiger partial charge >= 0.3 is 17.9 Å². The van der Waals surface area contributed by atoms with Gasteiger partial charge in [-0.25, -0.2) is 14.4 Å². The summed E-state index contributed by atoms with van der Waals surface area (Å²) in [6.07, 6.45) is -4.15. The van der Waals surface area contributed by atoms with Crippen LogP contribution in [0.15, 0.2) is 78.9 Å². The van der Waals surface area contributed by atoms with E-state index in [1.165, 1.54) is 50.6 Å². The average molecular weight is 507 g/mol. The van der Waals surface area contributed by atoms with Crippen LogP contribution in [-0.4, -0.2) is 55.3 Å². The molecule has 3 aromatic rings. The van der Waals surface area contributed by atoms with E-state index in [-0.39, 0.29) is 17.7 Å². The van der Waals surface area contributed by atoms with E-state index in [1.54, 1.807) is 42.5 Å². The van der Waals surface area contributed by atoms with Crippen LogP contribution in [-0.2, 0) is 25.6 Å². The topological polar surface area (TPSA) is 137 Å². The first-order chi connectivity index (χ1) is 17.8. The number of aliphatic carboxylic acids is 1. The molecule has 0 aliphatic rings. The van der Waals surface area contributed by atoms with Crippen LogP contribution in [0.4, 0.5) is 0 Å². The van der Waals surface area contributed by atoms with E-state index in [4.69, 9.17) is 18.9 Å². The molecule has 1 amide bonds. The molecule has 192 valence electrons. The van der Waals surface area contributed by atoms with E-state index in [1.807, 2.05) is 0 Å². The number of carbonyl (C=O) groups is 4. The quantitative estimate of drug-likeness (QED) is 0.375. The lowest BCUT2D eigenvalue weighted by Gasteiger charge is -2.23. The maximum Gasteiger partial charge on any atom is 0.349 e. The second-order valence-electron chi connectivity index (χ2n) is 7.66. The van der Waals surface area contributed by atoms with E-state index in [0.29, 0.717) is 17.1 Å². The lowest BCUT2D eigenvalue weighted by atomic mass is 10.1. The Labute approximate surface area is 212 Å². The van der Waals surface area contributed by atoms with Gasteiger partial charge in [0.05, 0.1) is 25.3 Å². The summed E-state index contributed by atoms with van der Waals surface area (Å²) >= 11 is 0. The molecule has 0 saturated carbocycles. The van der Waals surface area contributed by atoms with Crippen molar-refractivity contribution in [1.29, 1.82) is 0 Å². The van der Waals surface area contributed by atoms with Gasteiger partial charge in [0.25, 0.3) is 5.91 Å². The predicted molar refractivity (Wildman–Crippen MR) is 130 cm³/mol. The number of nitrogens with one attached hydrogen (secondary N) is 1. The summed E-state index contributed by atoms with van der Waals surface area (Å²) in [7, 11) is 2.80. The summed E-state index contributed by atoms with van der Waals surface area (Å²) in [6.45, 7) is 0.0169. The third-order valence-electron chi connectivity index (χ3n) is 5.17. The molecular weight excluding hydrogens is 482 g/mol. The fourth-order valence-corrected chi connectivity index (χ4v) is 3.25. The van der Waals surface area contributed by atoms with Crippen LogP contribution in [0.5, 0.6) is 11.5 Å². The number of carbonyl (C=O) groups excluding carboxylic acids is 3. The molecular formula is C27H25NO9. The number of amides is 1. The van der Waals surface area contributed by atoms with Gasteiger partial charge in [-0.2, -0.15) is 0 Å². The molecule has 0 bridgehead atoms. The maximum atomic E-state index is 13.1. The van der Waals surface area contributed by atoms with E-state index >= 15 is 0 Å². The second kappa shape index (κ2) is 12.7. The third-order valence-corrected chi connectivity index (χ3v) is 5.17. The first-order valence-electron chi connectivity index (χ1n) is 11.1. The highest BCUT2D eigenvalue weighted by Gasteiger charge is 2.41. The molecule has 0 saturated heterocycles. The Morgan fingerprint density at radius 3 is 1.73 bits per heavy atom. The normalized spacial score (nSPS) is 11.9. The summed E-state index contributed by atoms with van der Waals surface area (Å²) in [4.78, 5) is 50.8. The fraction of sp³-hybridized carbons (Fsp3) is 0.185. The number of ether oxygens (including phenoxy) is 4. The number of esters is 2. The molecule has 0 unspecified atom stereocenters. The average Bonchev–Trinajstić information content (AvgIpc) is 2.93. The van der Waals surface area contributed by atoms with Crippen molar-refractivity contribution >= 4 is 23.8 Å². The largest absolute Gasteiger partial charge is 0.497 e. The van der Waals surface area contributed by atoms with E-state index < -0.39 is 36.0 Å². The van der Waals surface area contributed by atoms with Crippen molar-refractivity contribution in [3.8, 4) is 11.5 Å². The van der Waals surface area contributed by atoms with Gasteiger partial charge in [-0.15, -0.1) is 0 Å². The van der Waals surface area contributed by atoms with Crippen LogP contribution in [0.1, 0.15) is 26.3 Å². The number of carboxylic acid groups (broad SMARTS) is 1. The molecule has 37 heavy (non-hydrogen) atoms. The molecule has 0 radical (unpaired) electrons. The monoisotopic (exact) mass is 507 g/mol. The molecule has 10 nitrogen and oxygen atoms in total. The standard InChI is InChI=1S/C27H25NO9/c1-34-20-12-6-10-18(14-20)26(32)36-22(24(29)28-16-17-8-4-3-5-9-17)23(25(30)31)37-27(33)19-11-7-13-21(15-19)35-2/h3-15,22-23H,16H2,1-2H3,(H,28,29)(H,30,31)/t22-,23+/m0/s1. The first-order valence-corrected chi connectivity index (χ1v) is 11.1. The number of hydrogen-bond donors (Lipinski definition) is 2. The molecule has 0 heterocycles. The highest BCUT2D eigenvalue weighted by molar-refractivity contribution is 5.97. The van der Waals surface area contributed by atoms with Gasteiger partial charge < -0.3 is 29.4 Å². The SMILES string of the molecule is COc1cccc(C(=O)O[C@H](C(=O)NCc2ccccc2)[C@@H](OC(=O)c2cccc(OC)c2)C(=O)O)c1. The highest BCUT2D eigenvalue weighted by Crippen LogP contribution is 2.18. The zero-order chi connectivity index (χ0) is 26.8. The molecule has 3 rings (SSSR count). The Balaban J connectivity index is 1.87. The lowest BCUT2D eigenvalue weighted by Crippen LogP contribution is -2.50. The maximum absolute atomic E-state index is 13.1. The van der Waals surface area contributed by atoms with Crippen molar-refractivity contribution in [3.05, 3.63) is 95.6 Å². The van der Waals surface area contributed by atoms with E-state index in [9.17, 15) is 24.3 Å². The summed E-state index contributed by atoms with van der Waals surface area (Å²) in [5.74, 6) is -4.03. The number of benzene rings is 3. The molecule has 0 aromatic heterocycles. The Hall–Kier alpha value is -4.86. The summed E-state index contributed by atoms with van der Waals surface area (Å²) in [6, 6.07) is 20.5. The zero-order valence-corrected chi connectivity index (χ0v) is 20.1. The number of hydrogen-bond acceptors (Lipinski definition) is 8. The van der Waals surface area contributed by atoms with Gasteiger partial charge in [0, 0.05) is 6.54 Å². The summed E-state index contributed by atoms with van der Waals surface area (Å²) in [5, 5.41) is 12.4. The molecule has 2 N–H and O–H groups in total. The number of rotatable bonds is 11. The van der Waals surface area contributed by atoms with Crippen LogP contribution >= 0.6 is 0 Å². The van der Waals surface area contributed by atoms with Crippen molar-refractivity contribution in [2.75, 3.05) is 14.2 Å². The van der Waals surface area contributed by atoms with Crippen LogP contribution in [0, 0.1) is 0 Å². The fourth-order valence-electron chi connectivity index (χ4n) is 3.25. The Bertz CT molecular complexity index is 1260. The second-order valence-corrected chi connectivity index (χ2v) is 7.66.